The largest absolute Gasteiger partial charge is 0.353 e. The number of fused-ring (bicyclic) bond motifs is 2. The molecular weight excluding hydrogens is 399 g/mol. The van der Waals surface area contributed by atoms with E-state index in [-0.39, 0.29) is 17.6 Å². The van der Waals surface area contributed by atoms with Gasteiger partial charge in [0.15, 0.2) is 0 Å². The van der Waals surface area contributed by atoms with Gasteiger partial charge in [-0.15, -0.1) is 0 Å². The predicted octanol–water partition coefficient (Wildman–Crippen LogP) is 4.25. The van der Waals surface area contributed by atoms with Crippen LogP contribution in [0.1, 0.15) is 30.4 Å². The van der Waals surface area contributed by atoms with E-state index in [0.717, 1.165) is 60.7 Å². The second-order valence-corrected chi connectivity index (χ2v) is 9.11. The Morgan fingerprint density at radius 1 is 1.17 bits per heavy atom. The van der Waals surface area contributed by atoms with Gasteiger partial charge < -0.3 is 10.2 Å². The summed E-state index contributed by atoms with van der Waals surface area (Å²) in [6.45, 7) is 7.01. The number of anilines is 2. The second-order valence-electron chi connectivity index (χ2n) is 8.30. The van der Waals surface area contributed by atoms with Gasteiger partial charge in [-0.2, -0.15) is 4.37 Å². The van der Waals surface area contributed by atoms with Crippen LogP contribution in [-0.2, 0) is 11.2 Å². The van der Waals surface area contributed by atoms with E-state index < -0.39 is 0 Å². The molecule has 1 saturated heterocycles. The molecule has 1 fully saturated rings. The maximum Gasteiger partial charge on any atom is 0.224 e. The van der Waals surface area contributed by atoms with Crippen LogP contribution in [0.5, 0.6) is 0 Å². The summed E-state index contributed by atoms with van der Waals surface area (Å²) < 4.78 is 18.9. The zero-order valence-electron chi connectivity index (χ0n) is 17.0. The van der Waals surface area contributed by atoms with Crippen LogP contribution in [0.3, 0.4) is 0 Å². The number of hydrogen-bond acceptors (Lipinski definition) is 5. The van der Waals surface area contributed by atoms with Gasteiger partial charge in [-0.05, 0) is 59.3 Å². The number of halogens is 1. The molecule has 1 N–H and O–H groups in total. The third-order valence-corrected chi connectivity index (χ3v) is 7.01. The van der Waals surface area contributed by atoms with Crippen molar-refractivity contribution >= 4 is 39.0 Å². The van der Waals surface area contributed by atoms with Gasteiger partial charge in [-0.1, -0.05) is 19.1 Å². The minimum atomic E-state index is -0.207. The number of aromatic nitrogens is 1. The van der Waals surface area contributed by atoms with Crippen molar-refractivity contribution in [3.63, 3.8) is 0 Å². The summed E-state index contributed by atoms with van der Waals surface area (Å²) in [5, 5.41) is 4.02. The van der Waals surface area contributed by atoms with Crippen molar-refractivity contribution in [3.05, 3.63) is 53.3 Å². The fraction of sp³-hybridized carbons (Fsp3) is 0.391. The van der Waals surface area contributed by atoms with Gasteiger partial charge in [-0.25, -0.2) is 4.39 Å². The molecule has 1 atom stereocenters. The number of nitrogens with zero attached hydrogens (tertiary/aromatic N) is 3. The molecule has 2 aromatic carbocycles. The lowest BCUT2D eigenvalue weighted by Crippen LogP contribution is -2.47. The van der Waals surface area contributed by atoms with Crippen molar-refractivity contribution in [2.75, 3.05) is 42.9 Å². The molecule has 3 heterocycles. The van der Waals surface area contributed by atoms with Gasteiger partial charge >= 0.3 is 0 Å². The van der Waals surface area contributed by atoms with E-state index >= 15 is 0 Å². The van der Waals surface area contributed by atoms with Crippen molar-refractivity contribution in [3.8, 4) is 0 Å². The van der Waals surface area contributed by atoms with Crippen LogP contribution in [0.4, 0.5) is 15.9 Å². The quantitative estimate of drug-likeness (QED) is 0.680. The molecule has 2 aliphatic heterocycles. The fourth-order valence-corrected chi connectivity index (χ4v) is 5.30. The zero-order valence-corrected chi connectivity index (χ0v) is 17.8. The number of carbonyl (C=O) groups excluding carboxylic acids is 1. The van der Waals surface area contributed by atoms with E-state index in [2.05, 4.69) is 38.5 Å². The molecule has 0 spiro atoms. The molecule has 5 rings (SSSR count). The zero-order chi connectivity index (χ0) is 20.7. The monoisotopic (exact) mass is 424 g/mol. The number of amides is 1. The topological polar surface area (TPSA) is 48.5 Å². The molecule has 0 aliphatic carbocycles. The Hall–Kier alpha value is -2.51. The molecule has 0 bridgehead atoms. The molecule has 1 amide bonds. The average molecular weight is 425 g/mol. The third kappa shape index (κ3) is 3.79. The first-order valence-electron chi connectivity index (χ1n) is 10.5. The molecule has 7 heteroatoms. The second kappa shape index (κ2) is 7.96. The predicted molar refractivity (Wildman–Crippen MR) is 120 cm³/mol. The maximum atomic E-state index is 13.4. The molecule has 2 aliphatic rings. The Bertz CT molecular complexity index is 1090. The minimum Gasteiger partial charge on any atom is -0.353 e. The maximum absolute atomic E-state index is 13.4. The summed E-state index contributed by atoms with van der Waals surface area (Å²) in [7, 11) is 0. The Morgan fingerprint density at radius 2 is 2.00 bits per heavy atom. The molecule has 1 unspecified atom stereocenters. The lowest BCUT2D eigenvalue weighted by molar-refractivity contribution is -0.116. The number of piperazine rings is 1. The number of benzene rings is 2. The summed E-state index contributed by atoms with van der Waals surface area (Å²) in [6, 6.07) is 11.4. The van der Waals surface area contributed by atoms with Crippen LogP contribution < -0.4 is 10.2 Å². The summed E-state index contributed by atoms with van der Waals surface area (Å²) in [4.78, 5) is 16.5. The average Bonchev–Trinajstić information content (AvgIpc) is 3.15. The van der Waals surface area contributed by atoms with Gasteiger partial charge in [0, 0.05) is 50.2 Å². The van der Waals surface area contributed by atoms with Crippen molar-refractivity contribution in [2.45, 2.75) is 25.7 Å². The van der Waals surface area contributed by atoms with Crippen LogP contribution in [-0.4, -0.2) is 47.9 Å². The van der Waals surface area contributed by atoms with Gasteiger partial charge in [0.2, 0.25) is 5.91 Å². The lowest BCUT2D eigenvalue weighted by atomic mass is 9.90. The Balaban J connectivity index is 1.19. The number of hydrogen-bond donors (Lipinski definition) is 1. The van der Waals surface area contributed by atoms with E-state index in [4.69, 9.17) is 0 Å². The molecule has 5 nitrogen and oxygen atoms in total. The highest BCUT2D eigenvalue weighted by atomic mass is 32.1. The highest BCUT2D eigenvalue weighted by Gasteiger charge is 2.23. The van der Waals surface area contributed by atoms with Gasteiger partial charge in [0.05, 0.1) is 4.70 Å². The Morgan fingerprint density at radius 3 is 2.83 bits per heavy atom. The Kier molecular flexibility index (Phi) is 5.16. The van der Waals surface area contributed by atoms with Crippen molar-refractivity contribution in [2.24, 2.45) is 0 Å². The molecular formula is C23H25FN4OS. The number of nitrogens with one attached hydrogen (secondary N) is 1. The Labute approximate surface area is 179 Å². The highest BCUT2D eigenvalue weighted by Crippen LogP contribution is 2.33. The molecule has 3 aromatic rings. The van der Waals surface area contributed by atoms with Crippen molar-refractivity contribution in [1.82, 2.24) is 9.27 Å². The number of rotatable bonds is 4. The summed E-state index contributed by atoms with van der Waals surface area (Å²) in [5.41, 5.74) is 3.54. The summed E-state index contributed by atoms with van der Waals surface area (Å²) >= 11 is 1.37. The van der Waals surface area contributed by atoms with Crippen molar-refractivity contribution < 1.29 is 9.18 Å². The minimum absolute atomic E-state index is 0.110. The van der Waals surface area contributed by atoms with Crippen LogP contribution in [0.15, 0.2) is 36.4 Å². The summed E-state index contributed by atoms with van der Waals surface area (Å²) in [5.74, 6) is 1.17. The van der Waals surface area contributed by atoms with Gasteiger partial charge in [0.1, 0.15) is 11.6 Å². The van der Waals surface area contributed by atoms with E-state index in [1.54, 1.807) is 6.07 Å². The molecule has 156 valence electrons. The van der Waals surface area contributed by atoms with Crippen molar-refractivity contribution in [1.29, 1.82) is 0 Å². The molecule has 1 aromatic heterocycles. The molecule has 30 heavy (non-hydrogen) atoms. The van der Waals surface area contributed by atoms with Crippen LogP contribution in [0.25, 0.3) is 10.1 Å². The van der Waals surface area contributed by atoms with E-state index in [1.807, 2.05) is 12.1 Å². The first kappa shape index (κ1) is 19.5. The fourth-order valence-electron chi connectivity index (χ4n) is 4.48. The van der Waals surface area contributed by atoms with Gasteiger partial charge in [-0.3, -0.25) is 9.69 Å². The first-order valence-corrected chi connectivity index (χ1v) is 11.3. The standard InChI is InChI=1S/C23H25FN4OS/c1-15-12-22(29)25-20-5-2-16(13-19(15)20)6-7-27-8-10-28(11-9-27)23-18-4-3-17(24)14-21(18)30-26-23/h2-5,13-15H,6-12H2,1H3,(H,25,29). The van der Waals surface area contributed by atoms with E-state index in [9.17, 15) is 9.18 Å². The van der Waals surface area contributed by atoms with E-state index in [0.29, 0.717) is 6.42 Å². The van der Waals surface area contributed by atoms with Crippen LogP contribution >= 0.6 is 11.5 Å². The highest BCUT2D eigenvalue weighted by molar-refractivity contribution is 7.13. The lowest BCUT2D eigenvalue weighted by Gasteiger charge is -2.35. The van der Waals surface area contributed by atoms with Crippen LogP contribution in [0.2, 0.25) is 0 Å². The molecule has 0 radical (unpaired) electrons. The third-order valence-electron chi connectivity index (χ3n) is 6.22. The smallest absolute Gasteiger partial charge is 0.224 e. The van der Waals surface area contributed by atoms with Crippen LogP contribution in [0, 0.1) is 5.82 Å². The SMILES string of the molecule is CC1CC(=O)Nc2ccc(CCN3CCN(c4nsc5cc(F)ccc45)CC3)cc21. The number of carbonyl (C=O) groups is 1. The summed E-state index contributed by atoms with van der Waals surface area (Å²) in [6.07, 6.45) is 1.57. The molecule has 0 saturated carbocycles. The van der Waals surface area contributed by atoms with E-state index in [1.165, 1.54) is 28.7 Å². The van der Waals surface area contributed by atoms with Gasteiger partial charge in [0.25, 0.3) is 0 Å². The first-order chi connectivity index (χ1) is 14.6. The normalized spacial score (nSPS) is 19.7.